The number of rotatable bonds is 11. The van der Waals surface area contributed by atoms with Gasteiger partial charge in [-0.3, -0.25) is 0 Å². The zero-order valence-electron chi connectivity index (χ0n) is 21.2. The number of carbonyl (C=O) groups excluding carboxylic acids is 1. The van der Waals surface area contributed by atoms with Crippen LogP contribution < -0.4 is 0 Å². The lowest BCUT2D eigenvalue weighted by Crippen LogP contribution is -2.04. The number of imidazole rings is 1. The van der Waals surface area contributed by atoms with Gasteiger partial charge in [-0.1, -0.05) is 93.1 Å². The van der Waals surface area contributed by atoms with Gasteiger partial charge in [0.1, 0.15) is 5.82 Å². The van der Waals surface area contributed by atoms with Crippen molar-refractivity contribution in [3.63, 3.8) is 0 Å². The van der Waals surface area contributed by atoms with E-state index in [-0.39, 0.29) is 5.97 Å². The van der Waals surface area contributed by atoms with Crippen molar-refractivity contribution in [2.75, 3.05) is 6.61 Å². The molecule has 0 aliphatic carbocycles. The van der Waals surface area contributed by atoms with Crippen LogP contribution in [0.4, 0.5) is 0 Å². The highest BCUT2D eigenvalue weighted by Gasteiger charge is 2.15. The largest absolute Gasteiger partial charge is 0.462 e. The van der Waals surface area contributed by atoms with Crippen molar-refractivity contribution in [1.82, 2.24) is 9.55 Å². The molecule has 0 spiro atoms. The van der Waals surface area contributed by atoms with E-state index in [4.69, 9.17) is 9.72 Å². The molecule has 182 valence electrons. The van der Waals surface area contributed by atoms with Gasteiger partial charge in [-0.15, -0.1) is 0 Å². The van der Waals surface area contributed by atoms with E-state index in [1.807, 2.05) is 25.1 Å². The molecule has 0 saturated heterocycles. The average Bonchev–Trinajstić information content (AvgIpc) is 3.24. The maximum absolute atomic E-state index is 12.3. The fourth-order valence-corrected chi connectivity index (χ4v) is 4.53. The Kier molecular flexibility index (Phi) is 8.36. The number of aromatic nitrogens is 2. The van der Waals surface area contributed by atoms with E-state index in [1.165, 1.54) is 48.8 Å². The second kappa shape index (κ2) is 11.8. The van der Waals surface area contributed by atoms with Gasteiger partial charge in [-0.25, -0.2) is 9.78 Å². The second-order valence-corrected chi connectivity index (χ2v) is 9.22. The topological polar surface area (TPSA) is 44.1 Å². The summed E-state index contributed by atoms with van der Waals surface area (Å²) in [5, 5.41) is 0. The van der Waals surface area contributed by atoms with E-state index in [1.54, 1.807) is 0 Å². The summed E-state index contributed by atoms with van der Waals surface area (Å²) in [6, 6.07) is 23.0. The number of ether oxygens (including phenoxy) is 1. The van der Waals surface area contributed by atoms with Crippen LogP contribution in [0.3, 0.4) is 0 Å². The number of nitrogens with zero attached hydrogens (tertiary/aromatic N) is 2. The minimum Gasteiger partial charge on any atom is -0.462 e. The van der Waals surface area contributed by atoms with E-state index in [0.29, 0.717) is 12.2 Å². The standard InChI is InChI=1S/C31H36N2O2/c1-4-6-7-8-9-10-21-33-29-20-19-27(31(34)35-5-2)22-28(29)32-30(33)26-17-15-25(16-18-26)24-13-11-23(3)12-14-24/h11-20,22H,4-10,21H2,1-3H3. The highest BCUT2D eigenvalue weighted by atomic mass is 16.5. The molecule has 1 aromatic heterocycles. The van der Waals surface area contributed by atoms with Crippen LogP contribution in [0.15, 0.2) is 66.7 Å². The third-order valence-corrected chi connectivity index (χ3v) is 6.52. The van der Waals surface area contributed by atoms with Crippen LogP contribution in [0.2, 0.25) is 0 Å². The molecule has 4 heteroatoms. The van der Waals surface area contributed by atoms with E-state index in [2.05, 4.69) is 66.9 Å². The molecular formula is C31H36N2O2. The van der Waals surface area contributed by atoms with Gasteiger partial charge in [0.15, 0.2) is 0 Å². The van der Waals surface area contributed by atoms with E-state index in [0.717, 1.165) is 35.4 Å². The molecular weight excluding hydrogens is 432 g/mol. The summed E-state index contributed by atoms with van der Waals surface area (Å²) in [5.74, 6) is 0.647. The monoisotopic (exact) mass is 468 g/mol. The second-order valence-electron chi connectivity index (χ2n) is 9.22. The van der Waals surface area contributed by atoms with Gasteiger partial charge < -0.3 is 9.30 Å². The van der Waals surface area contributed by atoms with E-state index in [9.17, 15) is 4.79 Å². The fraction of sp³-hybridized carbons (Fsp3) is 0.355. The van der Waals surface area contributed by atoms with Crippen molar-refractivity contribution in [3.8, 4) is 22.5 Å². The minimum absolute atomic E-state index is 0.302. The number of fused-ring (bicyclic) bond motifs is 1. The predicted molar refractivity (Wildman–Crippen MR) is 145 cm³/mol. The number of aryl methyl sites for hydroxylation is 2. The molecule has 0 aliphatic heterocycles. The number of hydrogen-bond donors (Lipinski definition) is 0. The normalized spacial score (nSPS) is 11.2. The Bertz CT molecular complexity index is 1250. The zero-order chi connectivity index (χ0) is 24.6. The highest BCUT2D eigenvalue weighted by Crippen LogP contribution is 2.29. The summed E-state index contributed by atoms with van der Waals surface area (Å²) < 4.78 is 7.51. The summed E-state index contributed by atoms with van der Waals surface area (Å²) >= 11 is 0. The Labute approximate surface area is 209 Å². The van der Waals surface area contributed by atoms with Gasteiger partial charge in [-0.05, 0) is 49.6 Å². The Hall–Kier alpha value is -3.40. The van der Waals surface area contributed by atoms with E-state index >= 15 is 0 Å². The predicted octanol–water partition coefficient (Wildman–Crippen LogP) is 8.22. The van der Waals surface area contributed by atoms with Gasteiger partial charge in [0.05, 0.1) is 23.2 Å². The van der Waals surface area contributed by atoms with Crippen molar-refractivity contribution in [3.05, 3.63) is 77.9 Å². The molecule has 3 aromatic carbocycles. The maximum Gasteiger partial charge on any atom is 0.338 e. The van der Waals surface area contributed by atoms with Gasteiger partial charge in [0.25, 0.3) is 0 Å². The first-order chi connectivity index (χ1) is 17.1. The molecule has 0 unspecified atom stereocenters. The zero-order valence-corrected chi connectivity index (χ0v) is 21.2. The van der Waals surface area contributed by atoms with Gasteiger partial charge >= 0.3 is 5.97 Å². The molecule has 0 N–H and O–H groups in total. The summed E-state index contributed by atoms with van der Waals surface area (Å²) in [4.78, 5) is 17.3. The molecule has 0 atom stereocenters. The molecule has 1 heterocycles. The van der Waals surface area contributed by atoms with Crippen molar-refractivity contribution >= 4 is 17.0 Å². The van der Waals surface area contributed by atoms with Crippen LogP contribution in [-0.4, -0.2) is 22.1 Å². The highest BCUT2D eigenvalue weighted by molar-refractivity contribution is 5.94. The first kappa shape index (κ1) is 24.7. The first-order valence-electron chi connectivity index (χ1n) is 13.0. The number of unbranched alkanes of at least 4 members (excludes halogenated alkanes) is 5. The van der Waals surface area contributed by atoms with Crippen LogP contribution in [0.25, 0.3) is 33.5 Å². The van der Waals surface area contributed by atoms with Crippen molar-refractivity contribution in [1.29, 1.82) is 0 Å². The number of carbonyl (C=O) groups is 1. The molecule has 0 saturated carbocycles. The smallest absolute Gasteiger partial charge is 0.338 e. The molecule has 0 fully saturated rings. The lowest BCUT2D eigenvalue weighted by atomic mass is 10.0. The number of benzene rings is 3. The Morgan fingerprint density at radius 2 is 1.43 bits per heavy atom. The summed E-state index contributed by atoms with van der Waals surface area (Å²) in [5.41, 5.74) is 7.18. The van der Waals surface area contributed by atoms with Gasteiger partial charge in [0, 0.05) is 12.1 Å². The lowest BCUT2D eigenvalue weighted by molar-refractivity contribution is 0.0526. The van der Waals surface area contributed by atoms with Gasteiger partial charge in [0.2, 0.25) is 0 Å². The minimum atomic E-state index is -0.302. The van der Waals surface area contributed by atoms with Crippen LogP contribution in [-0.2, 0) is 11.3 Å². The molecule has 4 rings (SSSR count). The third kappa shape index (κ3) is 6.00. The molecule has 4 nitrogen and oxygen atoms in total. The van der Waals surface area contributed by atoms with Crippen molar-refractivity contribution < 1.29 is 9.53 Å². The Morgan fingerprint density at radius 3 is 2.11 bits per heavy atom. The van der Waals surface area contributed by atoms with Crippen molar-refractivity contribution in [2.24, 2.45) is 0 Å². The summed E-state index contributed by atoms with van der Waals surface area (Å²) in [7, 11) is 0. The molecule has 4 aromatic rings. The third-order valence-electron chi connectivity index (χ3n) is 6.52. The first-order valence-corrected chi connectivity index (χ1v) is 13.0. The van der Waals surface area contributed by atoms with Crippen LogP contribution in [0.1, 0.15) is 68.3 Å². The van der Waals surface area contributed by atoms with Crippen molar-refractivity contribution in [2.45, 2.75) is 65.8 Å². The molecule has 0 aliphatic rings. The molecule has 0 amide bonds. The maximum atomic E-state index is 12.3. The summed E-state index contributed by atoms with van der Waals surface area (Å²) in [6.45, 7) is 7.45. The lowest BCUT2D eigenvalue weighted by Gasteiger charge is -2.11. The van der Waals surface area contributed by atoms with Gasteiger partial charge in [-0.2, -0.15) is 0 Å². The summed E-state index contributed by atoms with van der Waals surface area (Å²) in [6.07, 6.45) is 7.47. The Balaban J connectivity index is 1.64. The number of hydrogen-bond acceptors (Lipinski definition) is 3. The molecule has 35 heavy (non-hydrogen) atoms. The SMILES string of the molecule is CCCCCCCCn1c(-c2ccc(-c3ccc(C)cc3)cc2)nc2cc(C(=O)OCC)ccc21. The fourth-order valence-electron chi connectivity index (χ4n) is 4.53. The van der Waals surface area contributed by atoms with Crippen LogP contribution in [0, 0.1) is 6.92 Å². The number of esters is 1. The average molecular weight is 469 g/mol. The quantitative estimate of drug-likeness (QED) is 0.164. The Morgan fingerprint density at radius 1 is 0.800 bits per heavy atom. The molecule has 0 bridgehead atoms. The van der Waals surface area contributed by atoms with E-state index < -0.39 is 0 Å². The van der Waals surface area contributed by atoms with Crippen LogP contribution in [0.5, 0.6) is 0 Å². The van der Waals surface area contributed by atoms with Crippen LogP contribution >= 0.6 is 0 Å². The molecule has 0 radical (unpaired) electrons.